The molecule has 0 unspecified atom stereocenters. The lowest BCUT2D eigenvalue weighted by atomic mass is 10.2. The van der Waals surface area contributed by atoms with Crippen molar-refractivity contribution in [2.45, 2.75) is 33.4 Å². The Morgan fingerprint density at radius 3 is 2.22 bits per heavy atom. The lowest BCUT2D eigenvalue weighted by molar-refractivity contribution is -0.122. The first kappa shape index (κ1) is 20.8. The second-order valence-corrected chi connectivity index (χ2v) is 8.22. The Morgan fingerprint density at radius 2 is 1.70 bits per heavy atom. The van der Waals surface area contributed by atoms with Crippen LogP contribution in [0, 0.1) is 6.92 Å². The number of aryl methyl sites for hydroxylation is 1. The van der Waals surface area contributed by atoms with E-state index >= 15 is 0 Å². The second kappa shape index (κ2) is 8.90. The third-order valence-electron chi connectivity index (χ3n) is 4.08. The highest BCUT2D eigenvalue weighted by atomic mass is 32.2. The first-order valence-corrected chi connectivity index (χ1v) is 10.6. The number of ether oxygens (including phenoxy) is 1. The number of carbonyl (C=O) groups is 1. The molecule has 0 aromatic heterocycles. The highest BCUT2D eigenvalue weighted by molar-refractivity contribution is 7.92. The Bertz CT molecular complexity index is 862. The van der Waals surface area contributed by atoms with Crippen molar-refractivity contribution in [2.24, 2.45) is 0 Å². The van der Waals surface area contributed by atoms with Gasteiger partial charge in [0.05, 0.1) is 18.6 Å². The highest BCUT2D eigenvalue weighted by Crippen LogP contribution is 2.21. The summed E-state index contributed by atoms with van der Waals surface area (Å²) < 4.78 is 31.1. The van der Waals surface area contributed by atoms with Crippen LogP contribution in [0.25, 0.3) is 0 Å². The number of benzene rings is 2. The van der Waals surface area contributed by atoms with Gasteiger partial charge in [-0.05, 0) is 50.6 Å². The van der Waals surface area contributed by atoms with E-state index < -0.39 is 16.1 Å². The predicted molar refractivity (Wildman–Crippen MR) is 107 cm³/mol. The number of nitrogens with one attached hydrogen (secondary N) is 1. The molecule has 1 N–H and O–H groups in total. The van der Waals surface area contributed by atoms with Crippen molar-refractivity contribution in [3.8, 4) is 5.75 Å². The average Bonchev–Trinajstić information content (AvgIpc) is 2.61. The molecule has 0 saturated carbocycles. The molecule has 0 saturated heterocycles. The number of carbonyl (C=O) groups excluding carboxylic acids is 1. The van der Waals surface area contributed by atoms with Crippen LogP contribution in [0.2, 0.25) is 0 Å². The largest absolute Gasteiger partial charge is 0.494 e. The number of rotatable bonds is 8. The van der Waals surface area contributed by atoms with Crippen molar-refractivity contribution in [1.82, 2.24) is 5.32 Å². The molecule has 27 heavy (non-hydrogen) atoms. The summed E-state index contributed by atoms with van der Waals surface area (Å²) in [5.74, 6) is 0.401. The molecular weight excluding hydrogens is 364 g/mol. The summed E-state index contributed by atoms with van der Waals surface area (Å²) in [4.78, 5) is 12.6. The average molecular weight is 391 g/mol. The lowest BCUT2D eigenvalue weighted by Gasteiger charge is -2.28. The van der Waals surface area contributed by atoms with E-state index in [1.54, 1.807) is 19.1 Å². The first-order valence-electron chi connectivity index (χ1n) is 8.78. The fourth-order valence-corrected chi connectivity index (χ4v) is 3.88. The number of hydrogen-bond donors (Lipinski definition) is 1. The van der Waals surface area contributed by atoms with E-state index in [0.29, 0.717) is 18.8 Å². The zero-order valence-electron chi connectivity index (χ0n) is 16.1. The third kappa shape index (κ3) is 5.72. The minimum absolute atomic E-state index is 0.307. The van der Waals surface area contributed by atoms with Crippen LogP contribution in [0.4, 0.5) is 5.69 Å². The smallest absolute Gasteiger partial charge is 0.243 e. The molecule has 0 aliphatic heterocycles. The summed E-state index contributed by atoms with van der Waals surface area (Å²) in [5.41, 5.74) is 2.38. The highest BCUT2D eigenvalue weighted by Gasteiger charge is 2.28. The lowest BCUT2D eigenvalue weighted by Crippen LogP contribution is -2.47. The monoisotopic (exact) mass is 390 g/mol. The van der Waals surface area contributed by atoms with Gasteiger partial charge in [-0.25, -0.2) is 8.42 Å². The fraction of sp³-hybridized carbons (Fsp3) is 0.350. The summed E-state index contributed by atoms with van der Waals surface area (Å²) in [6.07, 6.45) is 1.10. The van der Waals surface area contributed by atoms with Crippen molar-refractivity contribution < 1.29 is 17.9 Å². The van der Waals surface area contributed by atoms with Gasteiger partial charge >= 0.3 is 0 Å². The van der Waals surface area contributed by atoms with Crippen LogP contribution in [0.1, 0.15) is 25.0 Å². The van der Waals surface area contributed by atoms with Crippen LogP contribution in [0.5, 0.6) is 5.75 Å². The summed E-state index contributed by atoms with van der Waals surface area (Å²) in [5, 5.41) is 2.80. The maximum atomic E-state index is 12.6. The standard InChI is InChI=1S/C20H26N2O4S/c1-5-26-19-12-8-17(9-13-19)14-21-20(23)16(3)22(27(4,24)25)18-10-6-15(2)7-11-18/h6-13,16H,5,14H2,1-4H3,(H,21,23)/t16-/m0/s1. The maximum Gasteiger partial charge on any atom is 0.243 e. The van der Waals surface area contributed by atoms with Crippen LogP contribution < -0.4 is 14.4 Å². The van der Waals surface area contributed by atoms with Crippen LogP contribution in [0.15, 0.2) is 48.5 Å². The van der Waals surface area contributed by atoms with Crippen molar-refractivity contribution in [2.75, 3.05) is 17.2 Å². The third-order valence-corrected chi connectivity index (χ3v) is 5.32. The van der Waals surface area contributed by atoms with Crippen molar-refractivity contribution in [1.29, 1.82) is 0 Å². The summed E-state index contributed by atoms with van der Waals surface area (Å²) in [6, 6.07) is 13.6. The normalized spacial score (nSPS) is 12.3. The molecule has 0 aliphatic carbocycles. The van der Waals surface area contributed by atoms with E-state index in [0.717, 1.165) is 27.4 Å². The molecule has 0 fully saturated rings. The Kier molecular flexibility index (Phi) is 6.85. The molecule has 2 aromatic carbocycles. The van der Waals surface area contributed by atoms with Crippen molar-refractivity contribution in [3.63, 3.8) is 0 Å². The van der Waals surface area contributed by atoms with Crippen LogP contribution >= 0.6 is 0 Å². The van der Waals surface area contributed by atoms with Gasteiger partial charge in [-0.15, -0.1) is 0 Å². The van der Waals surface area contributed by atoms with E-state index in [1.807, 2.05) is 50.2 Å². The quantitative estimate of drug-likeness (QED) is 0.752. The Balaban J connectivity index is 2.09. The Labute approximate surface area is 161 Å². The van der Waals surface area contributed by atoms with Crippen LogP contribution in [-0.2, 0) is 21.4 Å². The molecule has 0 bridgehead atoms. The van der Waals surface area contributed by atoms with E-state index in [9.17, 15) is 13.2 Å². The first-order chi connectivity index (χ1) is 12.7. The van der Waals surface area contributed by atoms with Gasteiger partial charge < -0.3 is 10.1 Å². The maximum absolute atomic E-state index is 12.6. The number of anilines is 1. The number of amides is 1. The summed E-state index contributed by atoms with van der Waals surface area (Å²) in [7, 11) is -3.61. The van der Waals surface area contributed by atoms with E-state index in [4.69, 9.17) is 4.74 Å². The number of hydrogen-bond acceptors (Lipinski definition) is 4. The number of sulfonamides is 1. The molecule has 0 aliphatic rings. The summed E-state index contributed by atoms with van der Waals surface area (Å²) >= 11 is 0. The minimum atomic E-state index is -3.61. The molecule has 6 nitrogen and oxygen atoms in total. The van der Waals surface area contributed by atoms with Gasteiger partial charge in [-0.1, -0.05) is 29.8 Å². The van der Waals surface area contributed by atoms with Gasteiger partial charge in [0, 0.05) is 6.54 Å². The van der Waals surface area contributed by atoms with E-state index in [-0.39, 0.29) is 5.91 Å². The second-order valence-electron chi connectivity index (χ2n) is 6.37. The SMILES string of the molecule is CCOc1ccc(CNC(=O)[C@H](C)N(c2ccc(C)cc2)S(C)(=O)=O)cc1. The zero-order chi connectivity index (χ0) is 20.0. The fourth-order valence-electron chi connectivity index (χ4n) is 2.71. The van der Waals surface area contributed by atoms with Crippen LogP contribution in [0.3, 0.4) is 0 Å². The van der Waals surface area contributed by atoms with E-state index in [2.05, 4.69) is 5.32 Å². The van der Waals surface area contributed by atoms with Gasteiger partial charge in [0.1, 0.15) is 11.8 Å². The predicted octanol–water partition coefficient (Wildman–Crippen LogP) is 2.86. The van der Waals surface area contributed by atoms with Crippen molar-refractivity contribution in [3.05, 3.63) is 59.7 Å². The topological polar surface area (TPSA) is 75.7 Å². The van der Waals surface area contributed by atoms with Gasteiger partial charge in [-0.3, -0.25) is 9.10 Å². The molecular formula is C20H26N2O4S. The molecule has 2 aromatic rings. The van der Waals surface area contributed by atoms with Gasteiger partial charge in [-0.2, -0.15) is 0 Å². The summed E-state index contributed by atoms with van der Waals surface area (Å²) in [6.45, 7) is 6.31. The molecule has 146 valence electrons. The van der Waals surface area contributed by atoms with Gasteiger partial charge in [0.2, 0.25) is 15.9 Å². The number of nitrogens with zero attached hydrogens (tertiary/aromatic N) is 1. The molecule has 0 heterocycles. The van der Waals surface area contributed by atoms with Gasteiger partial charge in [0.15, 0.2) is 0 Å². The van der Waals surface area contributed by atoms with E-state index in [1.165, 1.54) is 0 Å². The van der Waals surface area contributed by atoms with Crippen molar-refractivity contribution >= 4 is 21.6 Å². The molecule has 0 radical (unpaired) electrons. The molecule has 1 amide bonds. The minimum Gasteiger partial charge on any atom is -0.494 e. The zero-order valence-corrected chi connectivity index (χ0v) is 16.9. The molecule has 1 atom stereocenters. The molecule has 0 spiro atoms. The molecule has 7 heteroatoms. The Morgan fingerprint density at radius 1 is 1.11 bits per heavy atom. The Hall–Kier alpha value is -2.54. The van der Waals surface area contributed by atoms with Crippen LogP contribution in [-0.4, -0.2) is 33.2 Å². The van der Waals surface area contributed by atoms with Gasteiger partial charge in [0.25, 0.3) is 0 Å². The molecule has 2 rings (SSSR count).